The molecule has 5 heteroatoms. The number of benzene rings is 1. The van der Waals surface area contributed by atoms with Gasteiger partial charge in [0.15, 0.2) is 9.84 Å². The molecule has 102 valence electrons. The molecule has 0 spiro atoms. The smallest absolute Gasteiger partial charge is 0.151 e. The lowest BCUT2D eigenvalue weighted by Crippen LogP contribution is -2.44. The number of nitrogens with one attached hydrogen (secondary N) is 1. The first-order valence-electron chi connectivity index (χ1n) is 6.05. The van der Waals surface area contributed by atoms with Crippen molar-refractivity contribution in [3.8, 4) is 0 Å². The van der Waals surface area contributed by atoms with Gasteiger partial charge in [-0.25, -0.2) is 8.42 Å². The van der Waals surface area contributed by atoms with Gasteiger partial charge in [0, 0.05) is 12.3 Å². The van der Waals surface area contributed by atoms with Crippen LogP contribution in [0.5, 0.6) is 0 Å². The Labute approximate surface area is 109 Å². The zero-order valence-electron chi connectivity index (χ0n) is 10.9. The van der Waals surface area contributed by atoms with Crippen molar-refractivity contribution in [3.63, 3.8) is 0 Å². The van der Waals surface area contributed by atoms with Crippen LogP contribution in [0.3, 0.4) is 0 Å². The second-order valence-electron chi connectivity index (χ2n) is 4.52. The molecule has 0 heterocycles. The fraction of sp³-hybridized carbons (Fsp3) is 0.538. The van der Waals surface area contributed by atoms with Gasteiger partial charge in [-0.05, 0) is 12.5 Å². The molecule has 1 rings (SSSR count). The number of hydrogen-bond donors (Lipinski definition) is 2. The van der Waals surface area contributed by atoms with E-state index in [0.29, 0.717) is 6.54 Å². The molecule has 18 heavy (non-hydrogen) atoms. The number of hydrogen-bond acceptors (Lipinski definition) is 4. The molecule has 2 N–H and O–H groups in total. The van der Waals surface area contributed by atoms with Gasteiger partial charge in [0.05, 0.1) is 17.9 Å². The van der Waals surface area contributed by atoms with Crippen LogP contribution >= 0.6 is 0 Å². The Hall–Kier alpha value is -0.910. The number of aliphatic hydroxyl groups is 1. The quantitative estimate of drug-likeness (QED) is 0.774. The Kier molecular flexibility index (Phi) is 5.31. The molecular formula is C13H21NO3S. The minimum absolute atomic E-state index is 0.0802. The van der Waals surface area contributed by atoms with Crippen molar-refractivity contribution >= 4 is 9.84 Å². The van der Waals surface area contributed by atoms with Crippen molar-refractivity contribution < 1.29 is 13.5 Å². The molecule has 0 radical (unpaired) electrons. The molecule has 0 aromatic heterocycles. The Morgan fingerprint density at radius 1 is 1.28 bits per heavy atom. The SMILES string of the molecule is CCS(=O)(=O)CCNC(C)(CO)c1ccccc1. The maximum absolute atomic E-state index is 11.4. The van der Waals surface area contributed by atoms with Crippen LogP contribution in [0.2, 0.25) is 0 Å². The van der Waals surface area contributed by atoms with Crippen molar-refractivity contribution in [2.24, 2.45) is 0 Å². The van der Waals surface area contributed by atoms with Crippen LogP contribution in [0.4, 0.5) is 0 Å². The van der Waals surface area contributed by atoms with E-state index in [9.17, 15) is 13.5 Å². The van der Waals surface area contributed by atoms with Gasteiger partial charge in [-0.15, -0.1) is 0 Å². The summed E-state index contributed by atoms with van der Waals surface area (Å²) in [5, 5.41) is 12.6. The van der Waals surface area contributed by atoms with Crippen molar-refractivity contribution in [1.82, 2.24) is 5.32 Å². The van der Waals surface area contributed by atoms with Gasteiger partial charge in [-0.3, -0.25) is 0 Å². The molecule has 1 aromatic carbocycles. The summed E-state index contributed by atoms with van der Waals surface area (Å²) >= 11 is 0. The van der Waals surface area contributed by atoms with E-state index in [1.165, 1.54) is 0 Å². The first-order chi connectivity index (χ1) is 8.43. The molecule has 1 aromatic rings. The van der Waals surface area contributed by atoms with E-state index < -0.39 is 15.4 Å². The lowest BCUT2D eigenvalue weighted by Gasteiger charge is -2.29. The molecule has 0 aliphatic rings. The van der Waals surface area contributed by atoms with Crippen LogP contribution in [0.1, 0.15) is 19.4 Å². The first-order valence-corrected chi connectivity index (χ1v) is 7.87. The summed E-state index contributed by atoms with van der Waals surface area (Å²) in [7, 11) is -2.98. The van der Waals surface area contributed by atoms with Crippen molar-refractivity contribution in [3.05, 3.63) is 35.9 Å². The predicted molar refractivity (Wildman–Crippen MR) is 73.2 cm³/mol. The normalized spacial score (nSPS) is 15.3. The zero-order valence-corrected chi connectivity index (χ0v) is 11.7. The summed E-state index contributed by atoms with van der Waals surface area (Å²) in [6, 6.07) is 9.53. The fourth-order valence-electron chi connectivity index (χ4n) is 1.68. The van der Waals surface area contributed by atoms with E-state index in [-0.39, 0.29) is 18.1 Å². The number of sulfone groups is 1. The molecule has 0 amide bonds. The molecule has 0 aliphatic heterocycles. The highest BCUT2D eigenvalue weighted by Gasteiger charge is 2.25. The highest BCUT2D eigenvalue weighted by atomic mass is 32.2. The maximum Gasteiger partial charge on any atom is 0.151 e. The van der Waals surface area contributed by atoms with Crippen molar-refractivity contribution in [2.45, 2.75) is 19.4 Å². The second kappa shape index (κ2) is 6.31. The summed E-state index contributed by atoms with van der Waals surface area (Å²) in [4.78, 5) is 0. The minimum Gasteiger partial charge on any atom is -0.394 e. The van der Waals surface area contributed by atoms with Gasteiger partial charge < -0.3 is 10.4 Å². The summed E-state index contributed by atoms with van der Waals surface area (Å²) in [6.45, 7) is 3.75. The van der Waals surface area contributed by atoms with E-state index in [0.717, 1.165) is 5.56 Å². The lowest BCUT2D eigenvalue weighted by atomic mass is 9.93. The van der Waals surface area contributed by atoms with Crippen molar-refractivity contribution in [2.75, 3.05) is 24.7 Å². The van der Waals surface area contributed by atoms with E-state index in [4.69, 9.17) is 0 Å². The maximum atomic E-state index is 11.4. The van der Waals surface area contributed by atoms with E-state index in [2.05, 4.69) is 5.32 Å². The molecule has 4 nitrogen and oxygen atoms in total. The van der Waals surface area contributed by atoms with Gasteiger partial charge in [0.1, 0.15) is 0 Å². The third-order valence-electron chi connectivity index (χ3n) is 3.10. The summed E-state index contributed by atoms with van der Waals surface area (Å²) < 4.78 is 22.8. The van der Waals surface area contributed by atoms with Crippen LogP contribution in [-0.2, 0) is 15.4 Å². The van der Waals surface area contributed by atoms with Gasteiger partial charge in [0.2, 0.25) is 0 Å². The Balaban J connectivity index is 2.68. The fourth-order valence-corrected chi connectivity index (χ4v) is 2.38. The molecule has 1 unspecified atom stereocenters. The average molecular weight is 271 g/mol. The standard InChI is InChI=1S/C13H21NO3S/c1-3-18(16,17)10-9-14-13(2,11-15)12-7-5-4-6-8-12/h4-8,14-15H,3,9-11H2,1-2H3. The van der Waals surface area contributed by atoms with Crippen molar-refractivity contribution in [1.29, 1.82) is 0 Å². The number of aliphatic hydroxyl groups excluding tert-OH is 1. The molecule has 0 saturated heterocycles. The predicted octanol–water partition coefficient (Wildman–Crippen LogP) is 0.918. The highest BCUT2D eigenvalue weighted by molar-refractivity contribution is 7.91. The zero-order chi connectivity index (χ0) is 13.6. The van der Waals surface area contributed by atoms with E-state index in [1.54, 1.807) is 6.92 Å². The van der Waals surface area contributed by atoms with E-state index >= 15 is 0 Å². The van der Waals surface area contributed by atoms with Crippen LogP contribution in [0, 0.1) is 0 Å². The second-order valence-corrected chi connectivity index (χ2v) is 6.99. The molecule has 0 saturated carbocycles. The van der Waals surface area contributed by atoms with Gasteiger partial charge >= 0.3 is 0 Å². The van der Waals surface area contributed by atoms with E-state index in [1.807, 2.05) is 37.3 Å². The minimum atomic E-state index is -2.98. The van der Waals surface area contributed by atoms with Gasteiger partial charge in [-0.1, -0.05) is 37.3 Å². The summed E-state index contributed by atoms with van der Waals surface area (Å²) in [6.07, 6.45) is 0. The Morgan fingerprint density at radius 3 is 2.39 bits per heavy atom. The van der Waals surface area contributed by atoms with Crippen LogP contribution < -0.4 is 5.32 Å². The summed E-state index contributed by atoms with van der Waals surface area (Å²) in [5.41, 5.74) is 0.339. The largest absolute Gasteiger partial charge is 0.394 e. The third kappa shape index (κ3) is 4.08. The average Bonchev–Trinajstić information content (AvgIpc) is 2.39. The topological polar surface area (TPSA) is 66.4 Å². The number of rotatable bonds is 7. The Bertz CT molecular complexity index is 458. The molecule has 0 bridgehead atoms. The monoisotopic (exact) mass is 271 g/mol. The first kappa shape index (κ1) is 15.1. The molecular weight excluding hydrogens is 250 g/mol. The highest BCUT2D eigenvalue weighted by Crippen LogP contribution is 2.19. The molecule has 0 aliphatic carbocycles. The molecule has 0 fully saturated rings. The Morgan fingerprint density at radius 2 is 1.89 bits per heavy atom. The molecule has 1 atom stereocenters. The van der Waals surface area contributed by atoms with Gasteiger partial charge in [-0.2, -0.15) is 0 Å². The third-order valence-corrected chi connectivity index (χ3v) is 4.80. The van der Waals surface area contributed by atoms with Crippen LogP contribution in [-0.4, -0.2) is 38.2 Å². The van der Waals surface area contributed by atoms with Crippen LogP contribution in [0.25, 0.3) is 0 Å². The van der Waals surface area contributed by atoms with Gasteiger partial charge in [0.25, 0.3) is 0 Å². The summed E-state index contributed by atoms with van der Waals surface area (Å²) in [5.74, 6) is 0.238. The lowest BCUT2D eigenvalue weighted by molar-refractivity contribution is 0.177. The van der Waals surface area contributed by atoms with Crippen LogP contribution in [0.15, 0.2) is 30.3 Å².